The first-order valence-corrected chi connectivity index (χ1v) is 7.40. The molecule has 21 heavy (non-hydrogen) atoms. The zero-order chi connectivity index (χ0) is 15.1. The summed E-state index contributed by atoms with van der Waals surface area (Å²) in [5.41, 5.74) is 3.24. The molecule has 0 saturated heterocycles. The number of aromatic nitrogens is 3. The first kappa shape index (κ1) is 15.7. The Balaban J connectivity index is 2.06. The highest BCUT2D eigenvalue weighted by molar-refractivity contribution is 5.40. The molecule has 5 nitrogen and oxygen atoms in total. The molecule has 1 heterocycles. The van der Waals surface area contributed by atoms with Crippen molar-refractivity contribution in [1.82, 2.24) is 20.3 Å². The molecule has 0 aliphatic carbocycles. The number of rotatable bonds is 8. The third-order valence-electron chi connectivity index (χ3n) is 3.21. The monoisotopic (exact) mass is 288 g/mol. The highest BCUT2D eigenvalue weighted by Gasteiger charge is 2.07. The minimum atomic E-state index is 0.634. The first-order valence-electron chi connectivity index (χ1n) is 7.40. The Kier molecular flexibility index (Phi) is 5.90. The molecule has 0 fully saturated rings. The van der Waals surface area contributed by atoms with E-state index in [2.05, 4.69) is 41.6 Å². The van der Waals surface area contributed by atoms with Crippen molar-refractivity contribution in [2.75, 3.05) is 20.3 Å². The number of nitrogens with zero attached hydrogens (tertiary/aromatic N) is 3. The van der Waals surface area contributed by atoms with Gasteiger partial charge in [0.25, 0.3) is 0 Å². The SMILES string of the molecule is COCCc1ccccc1-n1cc(CNCC(C)C)nn1. The standard InChI is InChI=1S/C16H24N4O/c1-13(2)10-17-11-15-12-20(19-18-15)16-7-5-4-6-14(16)8-9-21-3/h4-7,12-13,17H,8-11H2,1-3H3. The van der Waals surface area contributed by atoms with Gasteiger partial charge in [-0.1, -0.05) is 37.3 Å². The van der Waals surface area contributed by atoms with Crippen LogP contribution in [0.3, 0.4) is 0 Å². The van der Waals surface area contributed by atoms with Crippen LogP contribution in [0.25, 0.3) is 5.69 Å². The zero-order valence-corrected chi connectivity index (χ0v) is 13.0. The van der Waals surface area contributed by atoms with E-state index in [0.29, 0.717) is 12.5 Å². The Bertz CT molecular complexity index is 551. The Morgan fingerprint density at radius 2 is 2.10 bits per heavy atom. The molecule has 0 saturated carbocycles. The summed E-state index contributed by atoms with van der Waals surface area (Å²) in [5, 5.41) is 11.8. The Morgan fingerprint density at radius 3 is 2.86 bits per heavy atom. The van der Waals surface area contributed by atoms with Crippen LogP contribution in [0.2, 0.25) is 0 Å². The molecule has 1 N–H and O–H groups in total. The van der Waals surface area contributed by atoms with Gasteiger partial charge < -0.3 is 10.1 Å². The van der Waals surface area contributed by atoms with E-state index < -0.39 is 0 Å². The summed E-state index contributed by atoms with van der Waals surface area (Å²) >= 11 is 0. The quantitative estimate of drug-likeness (QED) is 0.809. The van der Waals surface area contributed by atoms with E-state index in [0.717, 1.165) is 30.9 Å². The van der Waals surface area contributed by atoms with Gasteiger partial charge in [0.15, 0.2) is 0 Å². The molecule has 0 bridgehead atoms. The van der Waals surface area contributed by atoms with E-state index in [-0.39, 0.29) is 0 Å². The lowest BCUT2D eigenvalue weighted by Crippen LogP contribution is -2.19. The van der Waals surface area contributed by atoms with Crippen molar-refractivity contribution < 1.29 is 4.74 Å². The van der Waals surface area contributed by atoms with E-state index in [1.807, 2.05) is 23.0 Å². The lowest BCUT2D eigenvalue weighted by molar-refractivity contribution is 0.202. The average molecular weight is 288 g/mol. The Morgan fingerprint density at radius 1 is 1.29 bits per heavy atom. The molecule has 2 rings (SSSR count). The van der Waals surface area contributed by atoms with Crippen LogP contribution in [0.15, 0.2) is 30.5 Å². The molecule has 1 aromatic heterocycles. The molecule has 2 aromatic rings. The van der Waals surface area contributed by atoms with Crippen molar-refractivity contribution in [1.29, 1.82) is 0 Å². The maximum absolute atomic E-state index is 5.16. The average Bonchev–Trinajstić information content (AvgIpc) is 2.93. The highest BCUT2D eigenvalue weighted by Crippen LogP contribution is 2.14. The van der Waals surface area contributed by atoms with Crippen molar-refractivity contribution >= 4 is 0 Å². The fourth-order valence-electron chi connectivity index (χ4n) is 2.14. The maximum atomic E-state index is 5.16. The van der Waals surface area contributed by atoms with Crippen LogP contribution in [0, 0.1) is 5.92 Å². The highest BCUT2D eigenvalue weighted by atomic mass is 16.5. The van der Waals surface area contributed by atoms with Crippen LogP contribution in [0.4, 0.5) is 0 Å². The molecule has 0 aliphatic rings. The second-order valence-electron chi connectivity index (χ2n) is 5.55. The van der Waals surface area contributed by atoms with E-state index in [1.54, 1.807) is 7.11 Å². The van der Waals surface area contributed by atoms with Gasteiger partial charge in [0.2, 0.25) is 0 Å². The Labute approximate surface area is 126 Å². The van der Waals surface area contributed by atoms with Crippen LogP contribution in [0.5, 0.6) is 0 Å². The molecular formula is C16H24N4O. The number of ether oxygens (including phenoxy) is 1. The smallest absolute Gasteiger partial charge is 0.0969 e. The second-order valence-corrected chi connectivity index (χ2v) is 5.55. The van der Waals surface area contributed by atoms with E-state index >= 15 is 0 Å². The van der Waals surface area contributed by atoms with Gasteiger partial charge in [-0.15, -0.1) is 5.10 Å². The van der Waals surface area contributed by atoms with Crippen LogP contribution >= 0.6 is 0 Å². The molecular weight excluding hydrogens is 264 g/mol. The van der Waals surface area contributed by atoms with Gasteiger partial charge in [0, 0.05) is 13.7 Å². The predicted molar refractivity (Wildman–Crippen MR) is 83.5 cm³/mol. The molecule has 0 spiro atoms. The minimum Gasteiger partial charge on any atom is -0.384 e. The third kappa shape index (κ3) is 4.65. The van der Waals surface area contributed by atoms with E-state index in [4.69, 9.17) is 4.74 Å². The van der Waals surface area contributed by atoms with E-state index in [9.17, 15) is 0 Å². The van der Waals surface area contributed by atoms with Crippen molar-refractivity contribution in [2.45, 2.75) is 26.8 Å². The summed E-state index contributed by atoms with van der Waals surface area (Å²) in [5.74, 6) is 0.634. The predicted octanol–water partition coefficient (Wildman–Crippen LogP) is 2.20. The van der Waals surface area contributed by atoms with Crippen LogP contribution in [0.1, 0.15) is 25.1 Å². The summed E-state index contributed by atoms with van der Waals surface area (Å²) in [6.45, 7) is 6.82. The summed E-state index contributed by atoms with van der Waals surface area (Å²) < 4.78 is 7.01. The fraction of sp³-hybridized carbons (Fsp3) is 0.500. The number of hydrogen-bond acceptors (Lipinski definition) is 4. The second kappa shape index (κ2) is 7.90. The topological polar surface area (TPSA) is 52.0 Å². The molecule has 0 radical (unpaired) electrons. The number of nitrogens with one attached hydrogen (secondary N) is 1. The van der Waals surface area contributed by atoms with Crippen molar-refractivity contribution in [2.24, 2.45) is 5.92 Å². The van der Waals surface area contributed by atoms with Crippen LogP contribution in [-0.2, 0) is 17.7 Å². The van der Waals surface area contributed by atoms with Gasteiger partial charge in [0.05, 0.1) is 24.2 Å². The lowest BCUT2D eigenvalue weighted by Gasteiger charge is -2.08. The van der Waals surface area contributed by atoms with Gasteiger partial charge in [0.1, 0.15) is 0 Å². The van der Waals surface area contributed by atoms with Gasteiger partial charge in [-0.05, 0) is 30.5 Å². The van der Waals surface area contributed by atoms with Crippen molar-refractivity contribution in [3.63, 3.8) is 0 Å². The number of benzene rings is 1. The van der Waals surface area contributed by atoms with Gasteiger partial charge in [-0.3, -0.25) is 0 Å². The van der Waals surface area contributed by atoms with Crippen LogP contribution in [-0.4, -0.2) is 35.3 Å². The minimum absolute atomic E-state index is 0.634. The number of para-hydroxylation sites is 1. The molecule has 114 valence electrons. The van der Waals surface area contributed by atoms with Gasteiger partial charge in [-0.25, -0.2) is 4.68 Å². The summed E-state index contributed by atoms with van der Waals surface area (Å²) in [4.78, 5) is 0. The van der Waals surface area contributed by atoms with Crippen LogP contribution < -0.4 is 5.32 Å². The van der Waals surface area contributed by atoms with Crippen molar-refractivity contribution in [3.05, 3.63) is 41.7 Å². The molecule has 1 aromatic carbocycles. The number of hydrogen-bond donors (Lipinski definition) is 1. The molecule has 0 amide bonds. The van der Waals surface area contributed by atoms with Gasteiger partial charge >= 0.3 is 0 Å². The van der Waals surface area contributed by atoms with Gasteiger partial charge in [-0.2, -0.15) is 0 Å². The fourth-order valence-corrected chi connectivity index (χ4v) is 2.14. The molecule has 5 heteroatoms. The molecule has 0 atom stereocenters. The Hall–Kier alpha value is -1.72. The third-order valence-corrected chi connectivity index (χ3v) is 3.21. The summed E-state index contributed by atoms with van der Waals surface area (Å²) in [6.07, 6.45) is 2.85. The summed E-state index contributed by atoms with van der Waals surface area (Å²) in [6, 6.07) is 8.22. The maximum Gasteiger partial charge on any atom is 0.0969 e. The molecule has 0 unspecified atom stereocenters. The van der Waals surface area contributed by atoms with E-state index in [1.165, 1.54) is 5.56 Å². The lowest BCUT2D eigenvalue weighted by atomic mass is 10.1. The molecule has 0 aliphatic heterocycles. The first-order chi connectivity index (χ1) is 10.2. The normalized spacial score (nSPS) is 11.2. The zero-order valence-electron chi connectivity index (χ0n) is 13.0. The number of methoxy groups -OCH3 is 1. The summed E-state index contributed by atoms with van der Waals surface area (Å²) in [7, 11) is 1.72. The largest absolute Gasteiger partial charge is 0.384 e. The van der Waals surface area contributed by atoms with Crippen molar-refractivity contribution in [3.8, 4) is 5.69 Å².